The molecule has 0 atom stereocenters. The Morgan fingerprint density at radius 3 is 1.92 bits per heavy atom. The van der Waals surface area contributed by atoms with Crippen molar-refractivity contribution >= 4 is 22.1 Å². The number of esters is 1. The predicted octanol–water partition coefficient (Wildman–Crippen LogP) is 5.10. The van der Waals surface area contributed by atoms with Crippen molar-refractivity contribution in [3.05, 3.63) is 34.9 Å². The fraction of sp³-hybridized carbons (Fsp3) is 0.476. The third kappa shape index (κ3) is 8.77. The molecule has 0 amide bonds. The Morgan fingerprint density at radius 2 is 1.44 bits per heavy atom. The quantitative estimate of drug-likeness (QED) is 0.390. The van der Waals surface area contributed by atoms with Gasteiger partial charge in [-0.3, -0.25) is 0 Å². The van der Waals surface area contributed by atoms with E-state index in [1.807, 2.05) is 39.0 Å². The highest BCUT2D eigenvalue weighted by atomic mass is 28.3. The molecule has 134 valence electrons. The second-order valence-electron chi connectivity index (χ2n) is 9.26. The van der Waals surface area contributed by atoms with Gasteiger partial charge in [-0.2, -0.15) is 0 Å². The summed E-state index contributed by atoms with van der Waals surface area (Å²) in [6.07, 6.45) is 0. The van der Waals surface area contributed by atoms with Crippen molar-refractivity contribution in [2.75, 3.05) is 0 Å². The first-order valence-corrected chi connectivity index (χ1v) is 15.6. The summed E-state index contributed by atoms with van der Waals surface area (Å²) in [7, 11) is -3.01. The molecule has 0 aliphatic heterocycles. The van der Waals surface area contributed by atoms with Crippen LogP contribution in [0.2, 0.25) is 39.3 Å². The molecule has 0 heterocycles. The van der Waals surface area contributed by atoms with Gasteiger partial charge in [-0.15, -0.1) is 11.1 Å². The number of rotatable bonds is 1. The van der Waals surface area contributed by atoms with E-state index < -0.39 is 21.7 Å². The van der Waals surface area contributed by atoms with Crippen LogP contribution in [0.5, 0.6) is 0 Å². The lowest BCUT2D eigenvalue weighted by atomic mass is 10.0. The van der Waals surface area contributed by atoms with Crippen molar-refractivity contribution in [1.29, 1.82) is 0 Å². The maximum absolute atomic E-state index is 12.6. The lowest BCUT2D eigenvalue weighted by molar-refractivity contribution is 0.00692. The molecule has 25 heavy (non-hydrogen) atoms. The fourth-order valence-corrected chi connectivity index (χ4v) is 2.78. The van der Waals surface area contributed by atoms with Crippen LogP contribution in [0, 0.1) is 22.9 Å². The van der Waals surface area contributed by atoms with E-state index in [2.05, 4.69) is 62.2 Å². The van der Waals surface area contributed by atoms with Gasteiger partial charge in [-0.1, -0.05) is 51.1 Å². The molecular formula is C21H30O2Si2. The summed E-state index contributed by atoms with van der Waals surface area (Å²) in [5.74, 6) is 6.05. The molecule has 1 rings (SSSR count). The zero-order valence-electron chi connectivity index (χ0n) is 17.0. The molecule has 0 fully saturated rings. The van der Waals surface area contributed by atoms with E-state index in [9.17, 15) is 4.79 Å². The maximum Gasteiger partial charge on any atom is 0.339 e. The highest BCUT2D eigenvalue weighted by Crippen LogP contribution is 2.17. The van der Waals surface area contributed by atoms with Crippen molar-refractivity contribution in [1.82, 2.24) is 0 Å². The normalized spacial score (nSPS) is 11.7. The number of carbonyl (C=O) groups excluding carboxylic acids is 1. The van der Waals surface area contributed by atoms with Crippen LogP contribution in [0.25, 0.3) is 0 Å². The summed E-state index contributed by atoms with van der Waals surface area (Å²) in [4.78, 5) is 12.6. The van der Waals surface area contributed by atoms with Crippen LogP contribution in [-0.2, 0) is 4.74 Å². The Hall–Kier alpha value is -1.76. The minimum atomic E-state index is -1.53. The van der Waals surface area contributed by atoms with Gasteiger partial charge in [0.25, 0.3) is 0 Å². The summed E-state index contributed by atoms with van der Waals surface area (Å²) in [6, 6.07) is 5.64. The molecule has 0 saturated carbocycles. The van der Waals surface area contributed by atoms with Gasteiger partial charge in [0.15, 0.2) is 0 Å². The van der Waals surface area contributed by atoms with Crippen LogP contribution in [0.15, 0.2) is 18.2 Å². The number of hydrogen-bond acceptors (Lipinski definition) is 2. The Balaban J connectivity index is 3.39. The molecule has 1 aromatic rings. The van der Waals surface area contributed by atoms with Crippen LogP contribution in [0.3, 0.4) is 0 Å². The van der Waals surface area contributed by atoms with Gasteiger partial charge in [0, 0.05) is 11.1 Å². The first kappa shape index (κ1) is 21.3. The summed E-state index contributed by atoms with van der Waals surface area (Å²) < 4.78 is 5.56. The standard InChI is InChI=1S/C21H30O2Si2/c1-21(2,3)23-20(22)19-16-17(12-14-24(4,5)6)10-11-18(19)13-15-25(7,8)9/h10-11,16H,1-9H3. The van der Waals surface area contributed by atoms with E-state index >= 15 is 0 Å². The molecule has 0 aliphatic rings. The lowest BCUT2D eigenvalue weighted by Crippen LogP contribution is -2.24. The second-order valence-corrected chi connectivity index (χ2v) is 18.8. The molecule has 0 aliphatic carbocycles. The van der Waals surface area contributed by atoms with Crippen molar-refractivity contribution < 1.29 is 9.53 Å². The van der Waals surface area contributed by atoms with E-state index in [1.165, 1.54) is 0 Å². The average Bonchev–Trinajstić information content (AvgIpc) is 2.39. The second kappa shape index (κ2) is 7.64. The third-order valence-electron chi connectivity index (χ3n) is 2.79. The van der Waals surface area contributed by atoms with Crippen LogP contribution in [0.4, 0.5) is 0 Å². The summed E-state index contributed by atoms with van der Waals surface area (Å²) in [5.41, 5.74) is 8.17. The van der Waals surface area contributed by atoms with Crippen molar-refractivity contribution in [3.8, 4) is 22.9 Å². The highest BCUT2D eigenvalue weighted by molar-refractivity contribution is 6.84. The smallest absolute Gasteiger partial charge is 0.339 e. The summed E-state index contributed by atoms with van der Waals surface area (Å²) >= 11 is 0. The largest absolute Gasteiger partial charge is 0.456 e. The Labute approximate surface area is 155 Å². The fourth-order valence-electron chi connectivity index (χ4n) is 1.75. The van der Waals surface area contributed by atoms with Gasteiger partial charge < -0.3 is 4.74 Å². The molecule has 0 spiro atoms. The van der Waals surface area contributed by atoms with Crippen LogP contribution >= 0.6 is 0 Å². The zero-order chi connectivity index (χ0) is 19.5. The summed E-state index contributed by atoms with van der Waals surface area (Å²) in [5, 5.41) is 0. The first-order valence-electron chi connectivity index (χ1n) is 8.60. The van der Waals surface area contributed by atoms with Crippen molar-refractivity contribution in [2.45, 2.75) is 65.7 Å². The summed E-state index contributed by atoms with van der Waals surface area (Å²) in [6.45, 7) is 18.7. The molecule has 0 radical (unpaired) electrons. The molecular weight excluding hydrogens is 340 g/mol. The van der Waals surface area contributed by atoms with Gasteiger partial charge >= 0.3 is 5.97 Å². The lowest BCUT2D eigenvalue weighted by Gasteiger charge is -2.20. The first-order chi connectivity index (χ1) is 11.2. The average molecular weight is 371 g/mol. The number of benzene rings is 1. The van der Waals surface area contributed by atoms with Gasteiger partial charge in [0.1, 0.15) is 21.7 Å². The van der Waals surface area contributed by atoms with Crippen LogP contribution < -0.4 is 0 Å². The van der Waals surface area contributed by atoms with Gasteiger partial charge in [0.2, 0.25) is 0 Å². The van der Waals surface area contributed by atoms with Crippen molar-refractivity contribution in [3.63, 3.8) is 0 Å². The molecule has 0 unspecified atom stereocenters. The SMILES string of the molecule is CC(C)(C)OC(=O)c1cc(C#C[Si](C)(C)C)ccc1C#C[Si](C)(C)C. The topological polar surface area (TPSA) is 26.3 Å². The monoisotopic (exact) mass is 370 g/mol. The van der Waals surface area contributed by atoms with E-state index in [0.717, 1.165) is 11.1 Å². The van der Waals surface area contributed by atoms with Gasteiger partial charge in [-0.05, 0) is 39.0 Å². The molecule has 4 heteroatoms. The minimum absolute atomic E-state index is 0.343. The Kier molecular flexibility index (Phi) is 6.51. The molecule has 0 aromatic heterocycles. The van der Waals surface area contributed by atoms with E-state index in [-0.39, 0.29) is 5.97 Å². The molecule has 2 nitrogen and oxygen atoms in total. The van der Waals surface area contributed by atoms with E-state index in [0.29, 0.717) is 5.56 Å². The molecule has 0 bridgehead atoms. The van der Waals surface area contributed by atoms with Gasteiger partial charge in [0.05, 0.1) is 5.56 Å². The predicted molar refractivity (Wildman–Crippen MR) is 112 cm³/mol. The molecule has 0 N–H and O–H groups in total. The van der Waals surface area contributed by atoms with E-state index in [1.54, 1.807) is 0 Å². The minimum Gasteiger partial charge on any atom is -0.456 e. The number of carbonyl (C=O) groups is 1. The van der Waals surface area contributed by atoms with Crippen LogP contribution in [-0.4, -0.2) is 27.7 Å². The number of hydrogen-bond donors (Lipinski definition) is 0. The molecule has 0 saturated heterocycles. The van der Waals surface area contributed by atoms with Crippen molar-refractivity contribution in [2.24, 2.45) is 0 Å². The number of ether oxygens (including phenoxy) is 1. The maximum atomic E-state index is 12.6. The zero-order valence-corrected chi connectivity index (χ0v) is 19.0. The highest BCUT2D eigenvalue weighted by Gasteiger charge is 2.20. The van der Waals surface area contributed by atoms with Gasteiger partial charge in [-0.25, -0.2) is 4.79 Å². The Bertz CT molecular complexity index is 765. The third-order valence-corrected chi connectivity index (χ3v) is 4.54. The molecule has 1 aromatic carbocycles. The Morgan fingerprint density at radius 1 is 0.920 bits per heavy atom. The van der Waals surface area contributed by atoms with E-state index in [4.69, 9.17) is 4.74 Å². The van der Waals surface area contributed by atoms with Crippen LogP contribution in [0.1, 0.15) is 42.3 Å².